The summed E-state index contributed by atoms with van der Waals surface area (Å²) in [5.74, 6) is -0.781. The van der Waals surface area contributed by atoms with Crippen LogP contribution in [0.15, 0.2) is 54.9 Å². The monoisotopic (exact) mass is 360 g/mol. The van der Waals surface area contributed by atoms with Gasteiger partial charge in [0.15, 0.2) is 0 Å². The summed E-state index contributed by atoms with van der Waals surface area (Å²) >= 11 is 0. The van der Waals surface area contributed by atoms with Gasteiger partial charge in [0.2, 0.25) is 0 Å². The topological polar surface area (TPSA) is 64.8 Å². The number of amides is 1. The molecular formula is C21H17FN4O. The number of hydrogen-bond acceptors (Lipinski definition) is 2. The summed E-state index contributed by atoms with van der Waals surface area (Å²) in [6, 6.07) is 12.9. The molecule has 0 spiro atoms. The maximum Gasteiger partial charge on any atom is 0.257 e. The largest absolute Gasteiger partial charge is 0.361 e. The Labute approximate surface area is 154 Å². The van der Waals surface area contributed by atoms with Crippen LogP contribution < -0.4 is 0 Å². The minimum atomic E-state index is -0.489. The molecule has 27 heavy (non-hydrogen) atoms. The Hall–Kier alpha value is -3.41. The third-order valence-electron chi connectivity index (χ3n) is 5.15. The number of carbonyl (C=O) groups is 1. The van der Waals surface area contributed by atoms with Crippen LogP contribution >= 0.6 is 0 Å². The first-order valence-corrected chi connectivity index (χ1v) is 8.83. The van der Waals surface area contributed by atoms with Crippen LogP contribution in [0.5, 0.6) is 0 Å². The molecular weight excluding hydrogens is 343 g/mol. The van der Waals surface area contributed by atoms with Gasteiger partial charge in [0, 0.05) is 29.2 Å². The third kappa shape index (κ3) is 2.70. The lowest BCUT2D eigenvalue weighted by atomic mass is 9.99. The lowest BCUT2D eigenvalue weighted by molar-refractivity contribution is 0.0744. The van der Waals surface area contributed by atoms with Gasteiger partial charge in [-0.15, -0.1) is 0 Å². The zero-order valence-electron chi connectivity index (χ0n) is 14.5. The van der Waals surface area contributed by atoms with Crippen LogP contribution in [-0.2, 0) is 19.5 Å². The van der Waals surface area contributed by atoms with E-state index in [4.69, 9.17) is 0 Å². The molecule has 1 amide bonds. The first kappa shape index (κ1) is 15.8. The predicted octanol–water partition coefficient (Wildman–Crippen LogP) is 3.78. The summed E-state index contributed by atoms with van der Waals surface area (Å²) in [7, 11) is 0. The number of nitrogens with zero attached hydrogens (tertiary/aromatic N) is 2. The predicted molar refractivity (Wildman–Crippen MR) is 99.7 cm³/mol. The van der Waals surface area contributed by atoms with E-state index in [9.17, 15) is 9.18 Å². The number of halogens is 1. The molecule has 0 fully saturated rings. The van der Waals surface area contributed by atoms with Crippen LogP contribution in [0.2, 0.25) is 0 Å². The average Bonchev–Trinajstić information content (AvgIpc) is 3.38. The fourth-order valence-corrected chi connectivity index (χ4v) is 3.75. The van der Waals surface area contributed by atoms with E-state index in [1.807, 2.05) is 24.4 Å². The zero-order chi connectivity index (χ0) is 18.4. The quantitative estimate of drug-likeness (QED) is 0.584. The molecule has 4 aromatic rings. The molecule has 0 saturated heterocycles. The minimum absolute atomic E-state index is 0.117. The Morgan fingerprint density at radius 2 is 2.11 bits per heavy atom. The van der Waals surface area contributed by atoms with Crippen LogP contribution in [0, 0.1) is 5.82 Å². The van der Waals surface area contributed by atoms with Crippen molar-refractivity contribution in [2.75, 3.05) is 0 Å². The van der Waals surface area contributed by atoms with E-state index < -0.39 is 5.82 Å². The van der Waals surface area contributed by atoms with Crippen LogP contribution in [-0.4, -0.2) is 26.0 Å². The highest BCUT2D eigenvalue weighted by Crippen LogP contribution is 2.25. The second-order valence-corrected chi connectivity index (χ2v) is 6.88. The van der Waals surface area contributed by atoms with Crippen molar-refractivity contribution in [3.63, 3.8) is 0 Å². The number of aromatic nitrogens is 3. The Balaban J connectivity index is 1.44. The highest BCUT2D eigenvalue weighted by Gasteiger charge is 2.27. The molecule has 0 unspecified atom stereocenters. The highest BCUT2D eigenvalue weighted by atomic mass is 19.1. The Morgan fingerprint density at radius 3 is 3.00 bits per heavy atom. The van der Waals surface area contributed by atoms with Gasteiger partial charge in [-0.2, -0.15) is 5.10 Å². The normalized spacial score (nSPS) is 13.3. The van der Waals surface area contributed by atoms with Gasteiger partial charge >= 0.3 is 0 Å². The van der Waals surface area contributed by atoms with Crippen LogP contribution in [0.3, 0.4) is 0 Å². The van der Waals surface area contributed by atoms with Crippen LogP contribution in [0.1, 0.15) is 32.7 Å². The third-order valence-corrected chi connectivity index (χ3v) is 5.15. The number of nitrogens with one attached hydrogen (secondary N) is 2. The van der Waals surface area contributed by atoms with E-state index in [1.54, 1.807) is 23.2 Å². The fourth-order valence-electron chi connectivity index (χ4n) is 3.75. The number of H-pyrrole nitrogens is 2. The van der Waals surface area contributed by atoms with Gasteiger partial charge < -0.3 is 9.88 Å². The summed E-state index contributed by atoms with van der Waals surface area (Å²) in [5, 5.41) is 8.00. The first-order valence-electron chi connectivity index (χ1n) is 8.83. The molecule has 0 radical (unpaired) electrons. The molecule has 3 heterocycles. The second-order valence-electron chi connectivity index (χ2n) is 6.88. The van der Waals surface area contributed by atoms with Crippen molar-refractivity contribution in [1.82, 2.24) is 20.1 Å². The Bertz CT molecular complexity index is 1140. The Kier molecular flexibility index (Phi) is 3.57. The molecule has 2 aromatic heterocycles. The van der Waals surface area contributed by atoms with E-state index in [1.165, 1.54) is 6.07 Å². The number of carbonyl (C=O) groups excluding carboxylic acids is 1. The van der Waals surface area contributed by atoms with Crippen molar-refractivity contribution in [2.45, 2.75) is 19.5 Å². The summed E-state index contributed by atoms with van der Waals surface area (Å²) < 4.78 is 14.4. The van der Waals surface area contributed by atoms with Gasteiger partial charge in [-0.25, -0.2) is 4.39 Å². The van der Waals surface area contributed by atoms with E-state index in [2.05, 4.69) is 21.2 Å². The van der Waals surface area contributed by atoms with Gasteiger partial charge in [0.05, 0.1) is 24.0 Å². The highest BCUT2D eigenvalue weighted by molar-refractivity contribution is 5.95. The number of aromatic amines is 2. The van der Waals surface area contributed by atoms with Gasteiger partial charge in [0.25, 0.3) is 5.91 Å². The van der Waals surface area contributed by atoms with E-state index >= 15 is 0 Å². The Morgan fingerprint density at radius 1 is 1.19 bits per heavy atom. The smallest absolute Gasteiger partial charge is 0.257 e. The zero-order valence-corrected chi connectivity index (χ0v) is 14.5. The van der Waals surface area contributed by atoms with Crippen molar-refractivity contribution < 1.29 is 9.18 Å². The maximum atomic E-state index is 14.4. The molecule has 6 heteroatoms. The molecule has 2 aromatic carbocycles. The number of fused-ring (bicyclic) bond motifs is 2. The van der Waals surface area contributed by atoms with Gasteiger partial charge in [0.1, 0.15) is 5.82 Å². The van der Waals surface area contributed by atoms with Crippen LogP contribution in [0.25, 0.3) is 10.9 Å². The fraction of sp³-hybridized carbons (Fsp3) is 0.143. The molecule has 1 aliphatic rings. The summed E-state index contributed by atoms with van der Waals surface area (Å²) in [6.45, 7) is 0.886. The molecule has 0 saturated carbocycles. The number of rotatable bonds is 3. The minimum Gasteiger partial charge on any atom is -0.361 e. The molecule has 0 bridgehead atoms. The average molecular weight is 360 g/mol. The van der Waals surface area contributed by atoms with Crippen molar-refractivity contribution >= 4 is 16.8 Å². The molecule has 0 aliphatic carbocycles. The van der Waals surface area contributed by atoms with Gasteiger partial charge in [-0.1, -0.05) is 18.2 Å². The van der Waals surface area contributed by atoms with E-state index in [0.29, 0.717) is 19.5 Å². The molecule has 134 valence electrons. The molecule has 0 atom stereocenters. The molecule has 1 aliphatic heterocycles. The van der Waals surface area contributed by atoms with Crippen molar-refractivity contribution in [2.24, 2.45) is 0 Å². The second kappa shape index (κ2) is 6.09. The van der Waals surface area contributed by atoms with E-state index in [-0.39, 0.29) is 11.5 Å². The van der Waals surface area contributed by atoms with Gasteiger partial charge in [-0.3, -0.25) is 9.89 Å². The van der Waals surface area contributed by atoms with Crippen molar-refractivity contribution in [3.05, 3.63) is 88.6 Å². The summed E-state index contributed by atoms with van der Waals surface area (Å²) in [5.41, 5.74) is 5.14. The molecule has 5 rings (SSSR count). The lowest BCUT2D eigenvalue weighted by Crippen LogP contribution is -2.26. The van der Waals surface area contributed by atoms with Crippen LogP contribution in [0.4, 0.5) is 4.39 Å². The lowest BCUT2D eigenvalue weighted by Gasteiger charge is -2.16. The van der Waals surface area contributed by atoms with Crippen molar-refractivity contribution in [1.29, 1.82) is 0 Å². The van der Waals surface area contributed by atoms with Gasteiger partial charge in [-0.05, 0) is 41.8 Å². The molecule has 2 N–H and O–H groups in total. The van der Waals surface area contributed by atoms with E-state index in [0.717, 1.165) is 33.3 Å². The summed E-state index contributed by atoms with van der Waals surface area (Å²) in [6.07, 6.45) is 4.26. The van der Waals surface area contributed by atoms with Crippen molar-refractivity contribution in [3.8, 4) is 0 Å². The standard InChI is InChI=1S/C21H17FN4O/c22-18-5-4-13(8-14-2-1-3-19-16(14)6-7-23-19)9-17(18)21(27)26-11-15-10-24-25-20(15)12-26/h1-7,9-10,23H,8,11-12H2,(H,24,25). The molecule has 5 nitrogen and oxygen atoms in total. The SMILES string of the molecule is O=C(c1cc(Cc2cccc3[nH]ccc23)ccc1F)N1Cc2cn[nH]c2C1. The number of benzene rings is 2. The summed E-state index contributed by atoms with van der Waals surface area (Å²) in [4.78, 5) is 17.7. The maximum absolute atomic E-state index is 14.4. The number of hydrogen-bond donors (Lipinski definition) is 2. The first-order chi connectivity index (χ1) is 13.2.